The van der Waals surface area contributed by atoms with E-state index in [1.165, 1.54) is 227 Å². The van der Waals surface area contributed by atoms with Crippen LogP contribution in [0.3, 0.4) is 0 Å². The minimum Gasteiger partial charge on any atom is -0.297 e. The highest BCUT2D eigenvalue weighted by molar-refractivity contribution is 7.33. The summed E-state index contributed by atoms with van der Waals surface area (Å²) in [6, 6.07) is 26.8. The molecule has 0 fully saturated rings. The van der Waals surface area contributed by atoms with Crippen molar-refractivity contribution in [2.45, 2.75) is 194 Å². The van der Waals surface area contributed by atoms with Crippen molar-refractivity contribution in [1.82, 2.24) is 9.97 Å². The van der Waals surface area contributed by atoms with Crippen molar-refractivity contribution in [3.05, 3.63) is 92.3 Å². The fraction of sp³-hybridized carbons (Fsp3) is 0.508. The van der Waals surface area contributed by atoms with E-state index >= 15 is 0 Å². The van der Waals surface area contributed by atoms with Crippen molar-refractivity contribution in [2.24, 2.45) is 0 Å². The molecule has 0 aromatic carbocycles. The van der Waals surface area contributed by atoms with Crippen LogP contribution in [0.1, 0.15) is 199 Å². The second kappa shape index (κ2) is 31.2. The Kier molecular flexibility index (Phi) is 24.6. The van der Waals surface area contributed by atoms with Gasteiger partial charge in [-0.3, -0.25) is 4.79 Å². The van der Waals surface area contributed by atoms with Crippen LogP contribution in [0.2, 0.25) is 0 Å². The third-order valence-corrected chi connectivity index (χ3v) is 22.5. The second-order valence-electron chi connectivity index (χ2n) is 18.8. The Labute approximate surface area is 452 Å². The van der Waals surface area contributed by atoms with E-state index in [-0.39, 0.29) is 0 Å². The van der Waals surface area contributed by atoms with Gasteiger partial charge in [0.05, 0.1) is 14.6 Å². The summed E-state index contributed by atoms with van der Waals surface area (Å²) >= 11 is 14.6. The highest BCUT2D eigenvalue weighted by Crippen LogP contribution is 2.44. The quantitative estimate of drug-likeness (QED) is 0.0304. The van der Waals surface area contributed by atoms with E-state index in [4.69, 9.17) is 9.97 Å². The number of carbonyl (C=O) groups excluding carboxylic acids is 1. The number of thiazole rings is 2. The normalized spacial score (nSPS) is 11.5. The Bertz CT molecular complexity index is 2500. The molecule has 0 bridgehead atoms. The van der Waals surface area contributed by atoms with Crippen LogP contribution in [-0.2, 0) is 19.3 Å². The van der Waals surface area contributed by atoms with Crippen molar-refractivity contribution in [2.75, 3.05) is 0 Å². The number of unbranched alkanes of at least 4 members (excludes halogenated alkanes) is 21. The largest absolute Gasteiger partial charge is 0.297 e. The van der Waals surface area contributed by atoms with Gasteiger partial charge in [0.25, 0.3) is 0 Å². The fourth-order valence-corrected chi connectivity index (χ4v) is 17.2. The molecule has 0 amide bonds. The lowest BCUT2D eigenvalue weighted by molar-refractivity contribution is 0.112. The maximum atomic E-state index is 10.8. The van der Waals surface area contributed by atoms with E-state index in [0.717, 1.165) is 30.8 Å². The van der Waals surface area contributed by atoms with Gasteiger partial charge in [-0.15, -0.1) is 68.0 Å². The smallest absolute Gasteiger partial charge is 0.160 e. The molecule has 0 aliphatic carbocycles. The summed E-state index contributed by atoms with van der Waals surface area (Å²) < 4.78 is 0. The number of hydrogen-bond acceptors (Lipinski definition) is 11. The molecule has 0 spiro atoms. The molecule has 8 aromatic rings. The predicted octanol–water partition coefficient (Wildman–Crippen LogP) is 23.0. The van der Waals surface area contributed by atoms with Crippen LogP contribution < -0.4 is 0 Å². The number of aromatic nitrogens is 2. The molecule has 0 atom stereocenters. The molecule has 11 heteroatoms. The van der Waals surface area contributed by atoms with Gasteiger partial charge in [-0.25, -0.2) is 9.97 Å². The number of rotatable bonds is 33. The Balaban J connectivity index is 0.000000274. The van der Waals surface area contributed by atoms with Gasteiger partial charge in [-0.05, 0) is 111 Å². The molecule has 70 heavy (non-hydrogen) atoms. The van der Waals surface area contributed by atoms with Gasteiger partial charge in [0, 0.05) is 43.9 Å². The van der Waals surface area contributed by atoms with E-state index < -0.39 is 0 Å². The summed E-state index contributed by atoms with van der Waals surface area (Å²) in [5.41, 5.74) is 0. The first kappa shape index (κ1) is 55.1. The summed E-state index contributed by atoms with van der Waals surface area (Å²) in [7, 11) is 0. The minimum absolute atomic E-state index is 0.813. The number of aldehydes is 1. The van der Waals surface area contributed by atoms with Gasteiger partial charge in [-0.1, -0.05) is 178 Å². The van der Waals surface area contributed by atoms with Crippen molar-refractivity contribution in [1.29, 1.82) is 0 Å². The Hall–Kier alpha value is -2.61. The standard InChI is InChI=1S/C40H50N2S6.C19H26OS2/c1-3-5-7-9-11-13-15-17-19-29-21-23-31(43-29)33-25-27-35(45-33)37-41-39-40(47-37)42-38(48-39)36-28-26-34(46-36)32-24-22-30(44-32)20-18-16-14-12-10-8-6-4-2;1-2-3-4-5-6-7-8-9-10-16-11-13-18(21-16)19-14-12-17(15-20)22-19/h21-28H,3-20H2,1-2H3;11-15H,2-10H2,1H3. The van der Waals surface area contributed by atoms with E-state index in [0.29, 0.717) is 0 Å². The molecule has 0 radical (unpaired) electrons. The molecular weight excluding hydrogens is 1010 g/mol. The molecular formula is C59H76N2OS8. The number of hydrogen-bond donors (Lipinski definition) is 0. The van der Waals surface area contributed by atoms with Crippen LogP contribution in [0.25, 0.3) is 58.7 Å². The third kappa shape index (κ3) is 17.8. The van der Waals surface area contributed by atoms with Crippen LogP contribution in [0.4, 0.5) is 0 Å². The molecule has 0 N–H and O–H groups in total. The molecule has 8 rings (SSSR count). The van der Waals surface area contributed by atoms with Gasteiger partial charge in [0.1, 0.15) is 10.0 Å². The van der Waals surface area contributed by atoms with E-state index in [2.05, 4.69) is 87.5 Å². The lowest BCUT2D eigenvalue weighted by Crippen LogP contribution is -1.83. The summed E-state index contributed by atoms with van der Waals surface area (Å²) in [4.78, 5) is 38.8. The molecule has 0 saturated carbocycles. The van der Waals surface area contributed by atoms with Crippen LogP contribution in [-0.4, -0.2) is 16.3 Å². The summed E-state index contributed by atoms with van der Waals surface area (Å²) in [6.07, 6.45) is 37.6. The zero-order chi connectivity index (χ0) is 48.6. The molecule has 376 valence electrons. The molecule has 3 nitrogen and oxygen atoms in total. The number of carbonyl (C=O) groups is 1. The van der Waals surface area contributed by atoms with Crippen molar-refractivity contribution in [3.8, 4) is 49.0 Å². The highest BCUT2D eigenvalue weighted by Gasteiger charge is 2.17. The first-order valence-corrected chi connectivity index (χ1v) is 33.4. The average molecular weight is 1090 g/mol. The zero-order valence-corrected chi connectivity index (χ0v) is 48.7. The fourth-order valence-electron chi connectivity index (χ4n) is 8.81. The van der Waals surface area contributed by atoms with Gasteiger partial charge in [-0.2, -0.15) is 0 Å². The lowest BCUT2D eigenvalue weighted by atomic mass is 10.1. The molecule has 8 aromatic heterocycles. The van der Waals surface area contributed by atoms with Crippen molar-refractivity contribution < 1.29 is 4.79 Å². The predicted molar refractivity (Wildman–Crippen MR) is 321 cm³/mol. The Morgan fingerprint density at radius 1 is 0.314 bits per heavy atom. The van der Waals surface area contributed by atoms with E-state index in [1.807, 2.05) is 62.8 Å². The maximum Gasteiger partial charge on any atom is 0.160 e. The number of fused-ring (bicyclic) bond motifs is 1. The topological polar surface area (TPSA) is 42.9 Å². The summed E-state index contributed by atoms with van der Waals surface area (Å²) in [6.45, 7) is 6.85. The van der Waals surface area contributed by atoms with Crippen LogP contribution >= 0.6 is 90.7 Å². The molecule has 0 unspecified atom stereocenters. The number of thiophene rings is 6. The molecule has 0 aliphatic heterocycles. The highest BCUT2D eigenvalue weighted by atomic mass is 32.1. The van der Waals surface area contributed by atoms with Gasteiger partial charge < -0.3 is 0 Å². The molecule has 0 aliphatic rings. The van der Waals surface area contributed by atoms with Crippen LogP contribution in [0, 0.1) is 0 Å². The maximum absolute atomic E-state index is 10.8. The van der Waals surface area contributed by atoms with Gasteiger partial charge >= 0.3 is 0 Å². The molecule has 8 heterocycles. The van der Waals surface area contributed by atoms with Crippen LogP contribution in [0.15, 0.2) is 72.8 Å². The van der Waals surface area contributed by atoms with E-state index in [9.17, 15) is 4.79 Å². The van der Waals surface area contributed by atoms with E-state index in [1.54, 1.807) is 34.0 Å². The number of nitrogens with zero attached hydrogens (tertiary/aromatic N) is 2. The van der Waals surface area contributed by atoms with Crippen molar-refractivity contribution in [3.63, 3.8) is 0 Å². The lowest BCUT2D eigenvalue weighted by Gasteiger charge is -2.00. The monoisotopic (exact) mass is 1080 g/mol. The van der Waals surface area contributed by atoms with Gasteiger partial charge in [0.2, 0.25) is 0 Å². The minimum atomic E-state index is 0.813. The Morgan fingerprint density at radius 2 is 0.600 bits per heavy atom. The average Bonchev–Trinajstić information content (AvgIpc) is 4.22. The van der Waals surface area contributed by atoms with Gasteiger partial charge in [0.15, 0.2) is 15.9 Å². The summed E-state index contributed by atoms with van der Waals surface area (Å²) in [5, 5.41) is 2.19. The first-order valence-electron chi connectivity index (χ1n) is 26.8. The number of aryl methyl sites for hydroxylation is 3. The Morgan fingerprint density at radius 3 is 0.943 bits per heavy atom. The first-order chi connectivity index (χ1) is 34.5. The third-order valence-electron chi connectivity index (χ3n) is 12.9. The SMILES string of the molecule is CCCCCCCCCCc1ccc(-c2ccc(-c3nc4sc(-c5ccc(-c6ccc(CCCCCCCCCC)s6)s5)nc4s3)s2)s1.CCCCCCCCCCc1ccc(-c2ccc(C=O)s2)s1. The second-order valence-corrected chi connectivity index (χ2v) is 27.5. The zero-order valence-electron chi connectivity index (χ0n) is 42.2. The van der Waals surface area contributed by atoms with Crippen LogP contribution in [0.5, 0.6) is 0 Å². The molecule has 0 saturated heterocycles. The summed E-state index contributed by atoms with van der Waals surface area (Å²) in [5.74, 6) is 0. The van der Waals surface area contributed by atoms with Crippen molar-refractivity contribution >= 4 is 107 Å².